The largest absolute Gasteiger partial charge is 0.462 e. The smallest absolute Gasteiger partial charge is 0.333 e. The number of hydrogen-bond acceptors (Lipinski definition) is 4. The zero-order valence-electron chi connectivity index (χ0n) is 9.82. The van der Waals surface area contributed by atoms with Crippen LogP contribution in [0.25, 0.3) is 0 Å². The first-order valence-electron chi connectivity index (χ1n) is 5.18. The third kappa shape index (κ3) is 5.60. The number of hydrogen-bond donors (Lipinski definition) is 0. The summed E-state index contributed by atoms with van der Waals surface area (Å²) < 4.78 is 4.90. The first-order chi connectivity index (χ1) is 7.45. The molecular weight excluding hydrogens is 224 g/mol. The SMILES string of the molecule is C=C(C)C(=O)OCCC[Si](C)(C=O)CC=O. The van der Waals surface area contributed by atoms with Crippen molar-refractivity contribution in [1.82, 2.24) is 0 Å². The van der Waals surface area contributed by atoms with Crippen molar-refractivity contribution in [3.63, 3.8) is 0 Å². The Hall–Kier alpha value is -1.23. The molecule has 0 aromatic carbocycles. The highest BCUT2D eigenvalue weighted by Gasteiger charge is 2.25. The molecule has 4 nitrogen and oxygen atoms in total. The molecule has 0 N–H and O–H groups in total. The lowest BCUT2D eigenvalue weighted by molar-refractivity contribution is -0.138. The monoisotopic (exact) mass is 242 g/mol. The Labute approximate surface area is 96.7 Å². The first kappa shape index (κ1) is 14.8. The molecule has 1 unspecified atom stereocenters. The maximum absolute atomic E-state index is 11.0. The normalized spacial score (nSPS) is 13.6. The molecule has 0 aliphatic rings. The summed E-state index contributed by atoms with van der Waals surface area (Å²) in [6, 6.07) is 1.00. The molecule has 0 fully saturated rings. The van der Waals surface area contributed by atoms with Crippen molar-refractivity contribution in [3.05, 3.63) is 12.2 Å². The van der Waals surface area contributed by atoms with E-state index in [1.165, 1.54) is 0 Å². The lowest BCUT2D eigenvalue weighted by atomic mass is 10.4. The number of aldehydes is 1. The van der Waals surface area contributed by atoms with Crippen LogP contribution < -0.4 is 0 Å². The summed E-state index contributed by atoms with van der Waals surface area (Å²) in [4.78, 5) is 32.2. The van der Waals surface area contributed by atoms with Gasteiger partial charge in [0, 0.05) is 11.6 Å². The van der Waals surface area contributed by atoms with E-state index in [2.05, 4.69) is 6.58 Å². The quantitative estimate of drug-likeness (QED) is 0.213. The van der Waals surface area contributed by atoms with Crippen LogP contribution in [0.2, 0.25) is 18.6 Å². The van der Waals surface area contributed by atoms with Gasteiger partial charge < -0.3 is 14.3 Å². The minimum Gasteiger partial charge on any atom is -0.462 e. The summed E-state index contributed by atoms with van der Waals surface area (Å²) in [6.45, 7) is 7.18. The lowest BCUT2D eigenvalue weighted by Gasteiger charge is -2.16. The zero-order valence-corrected chi connectivity index (χ0v) is 10.8. The van der Waals surface area contributed by atoms with E-state index in [9.17, 15) is 14.4 Å². The Bertz CT molecular complexity index is 288. The Kier molecular flexibility index (Phi) is 6.56. The van der Waals surface area contributed by atoms with Gasteiger partial charge in [0.2, 0.25) is 0 Å². The van der Waals surface area contributed by atoms with Crippen molar-refractivity contribution in [2.45, 2.75) is 32.0 Å². The molecule has 90 valence electrons. The first-order valence-corrected chi connectivity index (χ1v) is 8.17. The van der Waals surface area contributed by atoms with E-state index >= 15 is 0 Å². The van der Waals surface area contributed by atoms with E-state index in [4.69, 9.17) is 4.74 Å². The van der Waals surface area contributed by atoms with Crippen LogP contribution in [-0.4, -0.2) is 32.8 Å². The van der Waals surface area contributed by atoms with Gasteiger partial charge in [-0.2, -0.15) is 0 Å². The van der Waals surface area contributed by atoms with Crippen molar-refractivity contribution < 1.29 is 19.1 Å². The van der Waals surface area contributed by atoms with Crippen molar-refractivity contribution in [2.75, 3.05) is 6.61 Å². The van der Waals surface area contributed by atoms with Gasteiger partial charge in [-0.1, -0.05) is 13.1 Å². The summed E-state index contributed by atoms with van der Waals surface area (Å²) in [7, 11) is -2.08. The van der Waals surface area contributed by atoms with Crippen LogP contribution in [0.3, 0.4) is 0 Å². The number of carbonyl (C=O) groups is 3. The highest BCUT2D eigenvalue weighted by atomic mass is 28.3. The average molecular weight is 242 g/mol. The molecule has 0 aliphatic heterocycles. The minimum atomic E-state index is -2.08. The van der Waals surface area contributed by atoms with E-state index < -0.39 is 14.0 Å². The molecule has 5 heteroatoms. The van der Waals surface area contributed by atoms with E-state index in [1.54, 1.807) is 6.92 Å². The topological polar surface area (TPSA) is 60.4 Å². The predicted molar refractivity (Wildman–Crippen MR) is 64.4 cm³/mol. The van der Waals surface area contributed by atoms with E-state index in [0.29, 0.717) is 24.1 Å². The number of esters is 1. The molecule has 0 aromatic rings. The molecule has 0 rings (SSSR count). The molecule has 0 saturated carbocycles. The molecule has 0 aromatic heterocycles. The van der Waals surface area contributed by atoms with Gasteiger partial charge in [-0.25, -0.2) is 4.79 Å². The standard InChI is InChI=1S/C11H18O4Si/c1-10(2)11(14)15-6-4-7-16(3,9-13)8-5-12/h5,9H,1,4,6-8H2,2-3H3. The molecule has 16 heavy (non-hydrogen) atoms. The second kappa shape index (κ2) is 7.11. The average Bonchev–Trinajstić information content (AvgIpc) is 2.24. The van der Waals surface area contributed by atoms with Gasteiger partial charge in [-0.15, -0.1) is 0 Å². The van der Waals surface area contributed by atoms with Crippen molar-refractivity contribution in [3.8, 4) is 0 Å². The van der Waals surface area contributed by atoms with E-state index in [-0.39, 0.29) is 6.61 Å². The van der Waals surface area contributed by atoms with Crippen LogP contribution in [0.4, 0.5) is 0 Å². The fourth-order valence-electron chi connectivity index (χ4n) is 1.16. The van der Waals surface area contributed by atoms with Gasteiger partial charge in [0.15, 0.2) is 0 Å². The highest BCUT2D eigenvalue weighted by molar-refractivity contribution is 7.01. The summed E-state index contributed by atoms with van der Waals surface area (Å²) in [5.74, 6) is 0.506. The van der Waals surface area contributed by atoms with Gasteiger partial charge in [0.25, 0.3) is 0 Å². The Morgan fingerprint density at radius 3 is 2.50 bits per heavy atom. The van der Waals surface area contributed by atoms with Crippen molar-refractivity contribution in [1.29, 1.82) is 0 Å². The van der Waals surface area contributed by atoms with Gasteiger partial charge in [0.05, 0.1) is 12.5 Å². The van der Waals surface area contributed by atoms with Gasteiger partial charge >= 0.3 is 5.97 Å². The summed E-state index contributed by atoms with van der Waals surface area (Å²) in [5, 5.41) is 0. The molecule has 1 atom stereocenters. The molecule has 0 bridgehead atoms. The number of carbonyl (C=O) groups excluding carboxylic acids is 3. The summed E-state index contributed by atoms with van der Waals surface area (Å²) in [6.07, 6.45) is 1.41. The maximum Gasteiger partial charge on any atom is 0.333 e. The molecule has 0 spiro atoms. The van der Waals surface area contributed by atoms with E-state index in [0.717, 1.165) is 12.2 Å². The van der Waals surface area contributed by atoms with Gasteiger partial charge in [-0.05, 0) is 19.4 Å². The molecule has 0 saturated heterocycles. The van der Waals surface area contributed by atoms with Crippen LogP contribution in [0, 0.1) is 0 Å². The lowest BCUT2D eigenvalue weighted by Crippen LogP contribution is -2.33. The number of ether oxygens (including phenoxy) is 1. The van der Waals surface area contributed by atoms with E-state index in [1.807, 2.05) is 6.55 Å². The fourth-order valence-corrected chi connectivity index (χ4v) is 2.91. The van der Waals surface area contributed by atoms with Crippen LogP contribution >= 0.6 is 0 Å². The van der Waals surface area contributed by atoms with Crippen LogP contribution in [0.1, 0.15) is 13.3 Å². The van der Waals surface area contributed by atoms with Crippen molar-refractivity contribution >= 4 is 26.2 Å². The van der Waals surface area contributed by atoms with Gasteiger partial charge in [0.1, 0.15) is 14.4 Å². The third-order valence-electron chi connectivity index (χ3n) is 2.31. The highest BCUT2D eigenvalue weighted by Crippen LogP contribution is 2.14. The molecular formula is C11H18O4Si. The molecule has 0 radical (unpaired) electrons. The minimum absolute atomic E-state index is 0.279. The second-order valence-corrected chi connectivity index (χ2v) is 8.61. The third-order valence-corrected chi connectivity index (χ3v) is 5.47. The zero-order chi connectivity index (χ0) is 12.6. The summed E-state index contributed by atoms with van der Waals surface area (Å²) >= 11 is 0. The molecule has 0 heterocycles. The van der Waals surface area contributed by atoms with Gasteiger partial charge in [-0.3, -0.25) is 0 Å². The Morgan fingerprint density at radius 1 is 1.44 bits per heavy atom. The fraction of sp³-hybridized carbons (Fsp3) is 0.545. The molecule has 0 amide bonds. The Balaban J connectivity index is 3.88. The maximum atomic E-state index is 11.0. The molecule has 0 aliphatic carbocycles. The second-order valence-electron chi connectivity index (χ2n) is 4.16. The Morgan fingerprint density at radius 2 is 2.06 bits per heavy atom. The van der Waals surface area contributed by atoms with Crippen LogP contribution in [0.5, 0.6) is 0 Å². The summed E-state index contributed by atoms with van der Waals surface area (Å²) in [5.41, 5.74) is 0.364. The predicted octanol–water partition coefficient (Wildman–Crippen LogP) is 1.55. The van der Waals surface area contributed by atoms with Crippen molar-refractivity contribution in [2.24, 2.45) is 0 Å². The van der Waals surface area contributed by atoms with Crippen LogP contribution in [-0.2, 0) is 19.1 Å². The van der Waals surface area contributed by atoms with Crippen LogP contribution in [0.15, 0.2) is 12.2 Å². The number of rotatable bonds is 8.